The highest BCUT2D eigenvalue weighted by atomic mass is 79.9. The molecule has 0 aromatic carbocycles. The number of halogens is 1. The van der Waals surface area contributed by atoms with E-state index in [1.165, 1.54) is 24.5 Å². The lowest BCUT2D eigenvalue weighted by Gasteiger charge is -2.05. The number of nitrogens with one attached hydrogen (secondary N) is 1. The monoisotopic (exact) mass is 307 g/mol. The third-order valence-corrected chi connectivity index (χ3v) is 3.17. The van der Waals surface area contributed by atoms with Crippen LogP contribution in [0.4, 0.5) is 5.82 Å². The minimum atomic E-state index is -0.301. The highest BCUT2D eigenvalue weighted by Crippen LogP contribution is 2.16. The van der Waals surface area contributed by atoms with E-state index in [0.29, 0.717) is 16.1 Å². The van der Waals surface area contributed by atoms with Gasteiger partial charge in [-0.1, -0.05) is 0 Å². The van der Waals surface area contributed by atoms with Crippen molar-refractivity contribution >= 4 is 27.7 Å². The van der Waals surface area contributed by atoms with Crippen LogP contribution in [-0.4, -0.2) is 10.9 Å². The lowest BCUT2D eigenvalue weighted by Crippen LogP contribution is -2.25. The van der Waals surface area contributed by atoms with E-state index in [1.807, 2.05) is 13.0 Å². The average molecular weight is 308 g/mol. The molecule has 0 saturated heterocycles. The Bertz CT molecular complexity index is 584. The minimum absolute atomic E-state index is 0.301. The van der Waals surface area contributed by atoms with Gasteiger partial charge in [0.25, 0.3) is 5.91 Å². The highest BCUT2D eigenvalue weighted by molar-refractivity contribution is 9.10. The molecule has 0 fully saturated rings. The van der Waals surface area contributed by atoms with Crippen molar-refractivity contribution < 1.29 is 9.52 Å². The van der Waals surface area contributed by atoms with Gasteiger partial charge >= 0.3 is 0 Å². The Morgan fingerprint density at radius 3 is 2.61 bits per heavy atom. The van der Waals surface area contributed by atoms with Crippen molar-refractivity contribution in [2.75, 3.05) is 5.32 Å². The van der Waals surface area contributed by atoms with Crippen molar-refractivity contribution in [2.45, 2.75) is 6.92 Å². The fraction of sp³-hybridized carbons (Fsp3) is 0.0833. The molecule has 2 aromatic heterocycles. The van der Waals surface area contributed by atoms with Gasteiger partial charge in [0.1, 0.15) is 5.82 Å². The summed E-state index contributed by atoms with van der Waals surface area (Å²) in [6.45, 7) is 1.84. The molecule has 2 aromatic rings. The molecule has 1 amide bonds. The number of aromatic nitrogens is 2. The molecule has 6 heteroatoms. The molecular weight excluding hydrogens is 298 g/mol. The topological polar surface area (TPSA) is 68.9 Å². The Balaban J connectivity index is 2.16. The Kier molecular flexibility index (Phi) is 3.57. The maximum absolute atomic E-state index is 11.8. The predicted octanol–water partition coefficient (Wildman–Crippen LogP) is 2.04. The fourth-order valence-corrected chi connectivity index (χ4v) is 1.59. The van der Waals surface area contributed by atoms with Crippen LogP contribution in [0.25, 0.3) is 0 Å². The Hall–Kier alpha value is -1.95. The first kappa shape index (κ1) is 12.5. The molecule has 2 heterocycles. The van der Waals surface area contributed by atoms with E-state index >= 15 is 0 Å². The molecule has 2 rings (SSSR count). The molecule has 5 nitrogen and oxygen atoms in total. The molecule has 18 heavy (non-hydrogen) atoms. The van der Waals surface area contributed by atoms with E-state index in [4.69, 9.17) is 0 Å². The number of aryl methyl sites for hydroxylation is 1. The zero-order valence-electron chi connectivity index (χ0n) is 9.55. The van der Waals surface area contributed by atoms with Crippen LogP contribution in [0.1, 0.15) is 16.1 Å². The van der Waals surface area contributed by atoms with Crippen LogP contribution in [-0.2, 0) is 0 Å². The molecule has 0 aliphatic heterocycles. The number of hydrogen-bond acceptors (Lipinski definition) is 3. The third kappa shape index (κ3) is 2.84. The lowest BCUT2D eigenvalue weighted by molar-refractivity contribution is -0.605. The number of nitrogens with zero attached hydrogens (tertiary/aromatic N) is 2. The second-order valence-electron chi connectivity index (χ2n) is 3.66. The van der Waals surface area contributed by atoms with Gasteiger partial charge in [-0.05, 0) is 35.0 Å². The van der Waals surface area contributed by atoms with Crippen molar-refractivity contribution in [3.63, 3.8) is 0 Å². The van der Waals surface area contributed by atoms with Crippen LogP contribution in [0.5, 0.6) is 0 Å². The molecule has 0 radical (unpaired) electrons. The van der Waals surface area contributed by atoms with Crippen molar-refractivity contribution in [1.82, 2.24) is 4.98 Å². The van der Waals surface area contributed by atoms with Crippen LogP contribution in [0.2, 0.25) is 0 Å². The highest BCUT2D eigenvalue weighted by Gasteiger charge is 2.08. The maximum Gasteiger partial charge on any atom is 0.257 e. The van der Waals surface area contributed by atoms with Gasteiger partial charge in [0.05, 0.1) is 11.3 Å². The van der Waals surface area contributed by atoms with Gasteiger partial charge in [0.15, 0.2) is 12.4 Å². The van der Waals surface area contributed by atoms with Crippen LogP contribution in [0.3, 0.4) is 0 Å². The molecular formula is C12H10BrN3O2. The molecule has 92 valence electrons. The maximum atomic E-state index is 11.8. The predicted molar refractivity (Wildman–Crippen MR) is 70.0 cm³/mol. The quantitative estimate of drug-likeness (QED) is 0.682. The molecule has 0 aliphatic rings. The van der Waals surface area contributed by atoms with Crippen LogP contribution in [0.15, 0.2) is 41.1 Å². The number of hydrogen-bond donors (Lipinski definition) is 1. The molecule has 0 atom stereocenters. The number of carbonyl (C=O) groups is 1. The van der Waals surface area contributed by atoms with E-state index in [9.17, 15) is 10.0 Å². The van der Waals surface area contributed by atoms with E-state index in [2.05, 4.69) is 26.2 Å². The summed E-state index contributed by atoms with van der Waals surface area (Å²) in [4.78, 5) is 16.1. The first-order valence-corrected chi connectivity index (χ1v) is 5.99. The van der Waals surface area contributed by atoms with Gasteiger partial charge in [0, 0.05) is 16.6 Å². The normalized spacial score (nSPS) is 10.1. The van der Waals surface area contributed by atoms with Gasteiger partial charge in [-0.15, -0.1) is 0 Å². The number of amides is 1. The summed E-state index contributed by atoms with van der Waals surface area (Å²) in [5, 5.41) is 13.5. The largest absolute Gasteiger partial charge is 0.619 e. The Morgan fingerprint density at radius 2 is 2.00 bits per heavy atom. The van der Waals surface area contributed by atoms with Crippen molar-refractivity contribution in [3.8, 4) is 0 Å². The molecule has 0 spiro atoms. The first-order valence-electron chi connectivity index (χ1n) is 5.19. The standard InChI is InChI=1S/C12H10BrN3O2/c1-8-10(13)2-3-11(14-8)15-12(17)9-4-6-16(18)7-5-9/h2-7H,1H3,(H,14,15,17). The van der Waals surface area contributed by atoms with Crippen LogP contribution >= 0.6 is 15.9 Å². The minimum Gasteiger partial charge on any atom is -0.619 e. The number of carbonyl (C=O) groups excluding carboxylic acids is 1. The van der Waals surface area contributed by atoms with E-state index in [-0.39, 0.29) is 5.91 Å². The first-order chi connectivity index (χ1) is 8.56. The summed E-state index contributed by atoms with van der Waals surface area (Å²) in [7, 11) is 0. The Labute approximate surface area is 112 Å². The van der Waals surface area contributed by atoms with Crippen molar-refractivity contribution in [3.05, 3.63) is 57.6 Å². The summed E-state index contributed by atoms with van der Waals surface area (Å²) in [5.41, 5.74) is 1.20. The third-order valence-electron chi connectivity index (χ3n) is 2.33. The SMILES string of the molecule is Cc1nc(NC(=O)c2cc[n+]([O-])cc2)ccc1Br. The van der Waals surface area contributed by atoms with Gasteiger partial charge in [-0.2, -0.15) is 4.73 Å². The smallest absolute Gasteiger partial charge is 0.257 e. The Morgan fingerprint density at radius 1 is 1.33 bits per heavy atom. The fourth-order valence-electron chi connectivity index (χ4n) is 1.37. The average Bonchev–Trinajstić information content (AvgIpc) is 2.34. The van der Waals surface area contributed by atoms with Gasteiger partial charge in [0.2, 0.25) is 0 Å². The van der Waals surface area contributed by atoms with Gasteiger partial charge < -0.3 is 10.5 Å². The van der Waals surface area contributed by atoms with Gasteiger partial charge in [-0.3, -0.25) is 4.79 Å². The van der Waals surface area contributed by atoms with Gasteiger partial charge in [-0.25, -0.2) is 4.98 Å². The number of pyridine rings is 2. The van der Waals surface area contributed by atoms with E-state index in [1.54, 1.807) is 6.07 Å². The summed E-state index contributed by atoms with van der Waals surface area (Å²) in [5.74, 6) is 0.171. The van der Waals surface area contributed by atoms with E-state index in [0.717, 1.165) is 10.2 Å². The van der Waals surface area contributed by atoms with Crippen LogP contribution in [0, 0.1) is 12.1 Å². The molecule has 1 N–H and O–H groups in total. The molecule has 0 saturated carbocycles. The second kappa shape index (κ2) is 5.14. The van der Waals surface area contributed by atoms with Crippen molar-refractivity contribution in [1.29, 1.82) is 0 Å². The van der Waals surface area contributed by atoms with E-state index < -0.39 is 0 Å². The second-order valence-corrected chi connectivity index (χ2v) is 4.52. The zero-order chi connectivity index (χ0) is 13.1. The molecule has 0 aliphatic carbocycles. The lowest BCUT2D eigenvalue weighted by atomic mass is 10.2. The summed E-state index contributed by atoms with van der Waals surface area (Å²) in [6, 6.07) is 6.42. The molecule has 0 unspecified atom stereocenters. The van der Waals surface area contributed by atoms with Crippen molar-refractivity contribution in [2.24, 2.45) is 0 Å². The number of rotatable bonds is 2. The van der Waals surface area contributed by atoms with Crippen LogP contribution < -0.4 is 10.0 Å². The zero-order valence-corrected chi connectivity index (χ0v) is 11.1. The summed E-state index contributed by atoms with van der Waals surface area (Å²) in [6.07, 6.45) is 2.55. The molecule has 0 bridgehead atoms. The summed E-state index contributed by atoms with van der Waals surface area (Å²) >= 11 is 3.34. The summed E-state index contributed by atoms with van der Waals surface area (Å²) < 4.78 is 1.51. The number of anilines is 1.